The Labute approximate surface area is 206 Å². The second-order valence-electron chi connectivity index (χ2n) is 9.15. The van der Waals surface area contributed by atoms with Crippen LogP contribution in [0.5, 0.6) is 5.75 Å². The van der Waals surface area contributed by atoms with Crippen LogP contribution in [-0.2, 0) is 11.2 Å². The van der Waals surface area contributed by atoms with Crippen LogP contribution in [0.25, 0.3) is 11.4 Å². The smallest absolute Gasteiger partial charge is 0.227 e. The number of nitrogens with zero attached hydrogens (tertiary/aromatic N) is 5. The Hall–Kier alpha value is -3.55. The molecule has 2 aromatic carbocycles. The molecule has 2 aliphatic heterocycles. The van der Waals surface area contributed by atoms with E-state index in [-0.39, 0.29) is 5.91 Å². The lowest BCUT2D eigenvalue weighted by Gasteiger charge is -2.36. The minimum atomic E-state index is 0.121. The number of aryl methyl sites for hydroxylation is 1. The van der Waals surface area contributed by atoms with Gasteiger partial charge in [-0.2, -0.15) is 4.98 Å². The van der Waals surface area contributed by atoms with Crippen molar-refractivity contribution >= 4 is 17.3 Å². The fourth-order valence-electron chi connectivity index (χ4n) is 4.91. The maximum atomic E-state index is 12.8. The number of amides is 1. The third-order valence-electron chi connectivity index (χ3n) is 6.93. The Morgan fingerprint density at radius 1 is 0.914 bits per heavy atom. The molecule has 2 aliphatic rings. The van der Waals surface area contributed by atoms with Gasteiger partial charge in [0.25, 0.3) is 0 Å². The maximum absolute atomic E-state index is 12.8. The summed E-state index contributed by atoms with van der Waals surface area (Å²) in [6.07, 6.45) is 4.65. The normalized spacial score (nSPS) is 16.4. The lowest BCUT2D eigenvalue weighted by atomic mass is 10.1. The van der Waals surface area contributed by atoms with Crippen molar-refractivity contribution in [3.8, 4) is 17.1 Å². The first kappa shape index (κ1) is 23.2. The molecule has 1 amide bonds. The van der Waals surface area contributed by atoms with Crippen molar-refractivity contribution in [3.63, 3.8) is 0 Å². The Morgan fingerprint density at radius 3 is 2.40 bits per heavy atom. The molecule has 2 fully saturated rings. The van der Waals surface area contributed by atoms with Gasteiger partial charge in [0.05, 0.1) is 12.8 Å². The second-order valence-corrected chi connectivity index (χ2v) is 9.15. The molecule has 8 heteroatoms. The number of aromatic nitrogens is 2. The third-order valence-corrected chi connectivity index (χ3v) is 6.93. The van der Waals surface area contributed by atoms with Gasteiger partial charge in [-0.1, -0.05) is 17.3 Å². The summed E-state index contributed by atoms with van der Waals surface area (Å²) in [4.78, 5) is 23.9. The first-order valence-electron chi connectivity index (χ1n) is 12.5. The summed E-state index contributed by atoms with van der Waals surface area (Å²) in [7, 11) is 1.69. The molecule has 1 aromatic heterocycles. The molecule has 0 spiro atoms. The first-order chi connectivity index (χ1) is 17.2. The predicted molar refractivity (Wildman–Crippen MR) is 136 cm³/mol. The SMILES string of the molecule is COc1ccccc1N1CCN(C(=O)CCc2nc(-c3ccc(N4CCCCC4)cc3)no2)CC1. The minimum absolute atomic E-state index is 0.121. The highest BCUT2D eigenvalue weighted by atomic mass is 16.5. The molecule has 184 valence electrons. The van der Waals surface area contributed by atoms with E-state index in [2.05, 4.69) is 38.1 Å². The quantitative estimate of drug-likeness (QED) is 0.511. The summed E-state index contributed by atoms with van der Waals surface area (Å²) in [6.45, 7) is 5.18. The van der Waals surface area contributed by atoms with Crippen LogP contribution in [0.4, 0.5) is 11.4 Å². The highest BCUT2D eigenvalue weighted by Gasteiger charge is 2.23. The molecule has 2 saturated heterocycles. The maximum Gasteiger partial charge on any atom is 0.227 e. The number of hydrogen-bond acceptors (Lipinski definition) is 7. The summed E-state index contributed by atoms with van der Waals surface area (Å²) in [6, 6.07) is 16.4. The topological polar surface area (TPSA) is 74.9 Å². The van der Waals surface area contributed by atoms with Crippen LogP contribution in [0.1, 0.15) is 31.6 Å². The molecule has 0 bridgehead atoms. The van der Waals surface area contributed by atoms with Gasteiger partial charge in [0.2, 0.25) is 17.6 Å². The molecule has 0 radical (unpaired) electrons. The fourth-order valence-corrected chi connectivity index (χ4v) is 4.91. The lowest BCUT2D eigenvalue weighted by molar-refractivity contribution is -0.131. The monoisotopic (exact) mass is 475 g/mol. The van der Waals surface area contributed by atoms with Crippen molar-refractivity contribution in [1.82, 2.24) is 15.0 Å². The number of carbonyl (C=O) groups is 1. The number of carbonyl (C=O) groups excluding carboxylic acids is 1. The van der Waals surface area contributed by atoms with Gasteiger partial charge in [-0.25, -0.2) is 0 Å². The molecule has 0 saturated carbocycles. The molecule has 35 heavy (non-hydrogen) atoms. The van der Waals surface area contributed by atoms with Crippen LogP contribution in [0.2, 0.25) is 0 Å². The largest absolute Gasteiger partial charge is 0.495 e. The van der Waals surface area contributed by atoms with E-state index < -0.39 is 0 Å². The molecule has 5 rings (SSSR count). The number of hydrogen-bond donors (Lipinski definition) is 0. The Balaban J connectivity index is 1.11. The molecule has 0 atom stereocenters. The fraction of sp³-hybridized carbons (Fsp3) is 0.444. The van der Waals surface area contributed by atoms with Gasteiger partial charge in [-0.15, -0.1) is 0 Å². The third kappa shape index (κ3) is 5.42. The molecule has 8 nitrogen and oxygen atoms in total. The van der Waals surface area contributed by atoms with Gasteiger partial charge in [0.15, 0.2) is 0 Å². The van der Waals surface area contributed by atoms with Crippen molar-refractivity contribution in [3.05, 3.63) is 54.4 Å². The summed E-state index contributed by atoms with van der Waals surface area (Å²) >= 11 is 0. The van der Waals surface area contributed by atoms with Gasteiger partial charge in [0.1, 0.15) is 5.75 Å². The number of methoxy groups -OCH3 is 1. The van der Waals surface area contributed by atoms with Crippen LogP contribution in [0.3, 0.4) is 0 Å². The average molecular weight is 476 g/mol. The van der Waals surface area contributed by atoms with E-state index in [4.69, 9.17) is 9.26 Å². The molecule has 0 aliphatic carbocycles. The van der Waals surface area contributed by atoms with E-state index in [1.165, 1.54) is 24.9 Å². The molecule has 0 unspecified atom stereocenters. The van der Waals surface area contributed by atoms with Gasteiger partial charge < -0.3 is 24.0 Å². The molecule has 3 heterocycles. The number of piperazine rings is 1. The van der Waals surface area contributed by atoms with E-state index in [0.29, 0.717) is 37.6 Å². The summed E-state index contributed by atoms with van der Waals surface area (Å²) in [5.74, 6) is 2.06. The first-order valence-corrected chi connectivity index (χ1v) is 12.5. The number of rotatable bonds is 7. The summed E-state index contributed by atoms with van der Waals surface area (Å²) < 4.78 is 10.9. The van der Waals surface area contributed by atoms with Gasteiger partial charge in [-0.05, 0) is 55.7 Å². The van der Waals surface area contributed by atoms with E-state index >= 15 is 0 Å². The average Bonchev–Trinajstić information content (AvgIpc) is 3.41. The van der Waals surface area contributed by atoms with Gasteiger partial charge >= 0.3 is 0 Å². The van der Waals surface area contributed by atoms with Crippen molar-refractivity contribution in [2.24, 2.45) is 0 Å². The highest BCUT2D eigenvalue weighted by molar-refractivity contribution is 5.77. The number of para-hydroxylation sites is 2. The van der Waals surface area contributed by atoms with Crippen LogP contribution >= 0.6 is 0 Å². The van der Waals surface area contributed by atoms with E-state index in [1.807, 2.05) is 35.2 Å². The van der Waals surface area contributed by atoms with Crippen molar-refractivity contribution in [2.45, 2.75) is 32.1 Å². The standard InChI is InChI=1S/C27H33N5O3/c1-34-24-8-4-3-7-23(24)31-17-19-32(20-18-31)26(33)14-13-25-28-27(29-35-25)21-9-11-22(12-10-21)30-15-5-2-6-16-30/h3-4,7-12H,2,5-6,13-20H2,1H3. The molecule has 0 N–H and O–H groups in total. The zero-order chi connectivity index (χ0) is 24.0. The zero-order valence-corrected chi connectivity index (χ0v) is 20.4. The highest BCUT2D eigenvalue weighted by Crippen LogP contribution is 2.28. The summed E-state index contributed by atoms with van der Waals surface area (Å²) in [5, 5.41) is 4.14. The minimum Gasteiger partial charge on any atom is -0.495 e. The lowest BCUT2D eigenvalue weighted by Crippen LogP contribution is -2.48. The Bertz CT molecular complexity index is 1120. The number of benzene rings is 2. The van der Waals surface area contributed by atoms with Gasteiger partial charge in [0, 0.05) is 63.4 Å². The van der Waals surface area contributed by atoms with Crippen molar-refractivity contribution in [2.75, 3.05) is 56.2 Å². The number of anilines is 2. The Kier molecular flexibility index (Phi) is 7.16. The van der Waals surface area contributed by atoms with Crippen molar-refractivity contribution < 1.29 is 14.1 Å². The zero-order valence-electron chi connectivity index (χ0n) is 20.4. The van der Waals surface area contributed by atoms with E-state index in [9.17, 15) is 4.79 Å². The van der Waals surface area contributed by atoms with Crippen molar-refractivity contribution in [1.29, 1.82) is 0 Å². The van der Waals surface area contributed by atoms with Gasteiger partial charge in [-0.3, -0.25) is 4.79 Å². The van der Waals surface area contributed by atoms with Crippen LogP contribution in [-0.4, -0.2) is 67.3 Å². The Morgan fingerprint density at radius 2 is 1.66 bits per heavy atom. The van der Waals surface area contributed by atoms with Crippen LogP contribution < -0.4 is 14.5 Å². The molecular weight excluding hydrogens is 442 g/mol. The van der Waals surface area contributed by atoms with E-state index in [1.54, 1.807) is 7.11 Å². The summed E-state index contributed by atoms with van der Waals surface area (Å²) in [5.41, 5.74) is 3.25. The number of ether oxygens (including phenoxy) is 1. The van der Waals surface area contributed by atoms with Crippen LogP contribution in [0, 0.1) is 0 Å². The van der Waals surface area contributed by atoms with Crippen LogP contribution in [0.15, 0.2) is 53.1 Å². The molecular formula is C27H33N5O3. The number of piperidine rings is 1. The second kappa shape index (κ2) is 10.8. The molecule has 3 aromatic rings. The predicted octanol–water partition coefficient (Wildman–Crippen LogP) is 4.02. The van der Waals surface area contributed by atoms with E-state index in [0.717, 1.165) is 43.2 Å².